The quantitative estimate of drug-likeness (QED) is 0.823. The standard InChI is InChI=1S/C17H22N2O/c20-17(19-14-7-3-1-2-4-8-14)11-13-12-18-16-10-6-5-9-15(13)16/h5-6,9-10,12,14,18H,1-4,7-8,11H2,(H,19,20). The monoisotopic (exact) mass is 270 g/mol. The summed E-state index contributed by atoms with van der Waals surface area (Å²) in [5.41, 5.74) is 2.19. The molecule has 2 aromatic rings. The van der Waals surface area contributed by atoms with E-state index in [-0.39, 0.29) is 5.91 Å². The fourth-order valence-corrected chi connectivity index (χ4v) is 3.15. The number of aromatic amines is 1. The van der Waals surface area contributed by atoms with Gasteiger partial charge in [0.2, 0.25) is 5.91 Å². The smallest absolute Gasteiger partial charge is 0.224 e. The van der Waals surface area contributed by atoms with E-state index < -0.39 is 0 Å². The molecule has 2 N–H and O–H groups in total. The number of aromatic nitrogens is 1. The van der Waals surface area contributed by atoms with E-state index in [4.69, 9.17) is 0 Å². The number of para-hydroxylation sites is 1. The maximum atomic E-state index is 12.2. The number of amides is 1. The van der Waals surface area contributed by atoms with Crippen molar-refractivity contribution in [3.8, 4) is 0 Å². The van der Waals surface area contributed by atoms with Gasteiger partial charge in [0, 0.05) is 23.1 Å². The number of carbonyl (C=O) groups is 1. The Morgan fingerprint density at radius 1 is 1.15 bits per heavy atom. The number of rotatable bonds is 3. The van der Waals surface area contributed by atoms with Crippen LogP contribution >= 0.6 is 0 Å². The van der Waals surface area contributed by atoms with E-state index in [9.17, 15) is 4.79 Å². The van der Waals surface area contributed by atoms with Crippen LogP contribution in [0.25, 0.3) is 10.9 Å². The van der Waals surface area contributed by atoms with Gasteiger partial charge in [-0.2, -0.15) is 0 Å². The molecule has 0 aliphatic heterocycles. The van der Waals surface area contributed by atoms with Crippen molar-refractivity contribution < 1.29 is 4.79 Å². The summed E-state index contributed by atoms with van der Waals surface area (Å²) in [5.74, 6) is 0.154. The average molecular weight is 270 g/mol. The first-order valence-electron chi connectivity index (χ1n) is 7.67. The zero-order chi connectivity index (χ0) is 13.8. The van der Waals surface area contributed by atoms with Crippen molar-refractivity contribution in [1.29, 1.82) is 0 Å². The third kappa shape index (κ3) is 3.03. The van der Waals surface area contributed by atoms with Gasteiger partial charge in [0.15, 0.2) is 0 Å². The fourth-order valence-electron chi connectivity index (χ4n) is 3.15. The van der Waals surface area contributed by atoms with Crippen LogP contribution in [-0.4, -0.2) is 16.9 Å². The van der Waals surface area contributed by atoms with E-state index >= 15 is 0 Å². The highest BCUT2D eigenvalue weighted by Crippen LogP contribution is 2.19. The Labute approximate surface area is 119 Å². The first kappa shape index (κ1) is 13.2. The zero-order valence-corrected chi connectivity index (χ0v) is 11.8. The van der Waals surface area contributed by atoms with Gasteiger partial charge in [0.25, 0.3) is 0 Å². The normalized spacial score (nSPS) is 17.0. The second-order valence-electron chi connectivity index (χ2n) is 5.79. The highest BCUT2D eigenvalue weighted by molar-refractivity contribution is 5.88. The van der Waals surface area contributed by atoms with Crippen molar-refractivity contribution in [1.82, 2.24) is 10.3 Å². The van der Waals surface area contributed by atoms with E-state index in [1.807, 2.05) is 24.4 Å². The molecule has 1 saturated carbocycles. The molecule has 1 aromatic carbocycles. The Kier molecular flexibility index (Phi) is 4.05. The Morgan fingerprint density at radius 2 is 1.90 bits per heavy atom. The summed E-state index contributed by atoms with van der Waals surface area (Å²) in [6.45, 7) is 0. The Hall–Kier alpha value is -1.77. The third-order valence-corrected chi connectivity index (χ3v) is 4.25. The first-order chi connectivity index (χ1) is 9.83. The molecule has 1 aromatic heterocycles. The molecule has 1 aliphatic carbocycles. The molecule has 0 bridgehead atoms. The lowest BCUT2D eigenvalue weighted by atomic mass is 10.1. The van der Waals surface area contributed by atoms with Gasteiger partial charge in [-0.15, -0.1) is 0 Å². The molecule has 106 valence electrons. The number of fused-ring (bicyclic) bond motifs is 1. The number of H-pyrrole nitrogens is 1. The molecule has 0 atom stereocenters. The predicted octanol–water partition coefficient (Wildman–Crippen LogP) is 3.55. The minimum absolute atomic E-state index is 0.154. The van der Waals surface area contributed by atoms with Gasteiger partial charge in [0.1, 0.15) is 0 Å². The van der Waals surface area contributed by atoms with Crippen LogP contribution in [0.1, 0.15) is 44.1 Å². The van der Waals surface area contributed by atoms with E-state index in [2.05, 4.69) is 16.4 Å². The summed E-state index contributed by atoms with van der Waals surface area (Å²) in [4.78, 5) is 15.4. The Morgan fingerprint density at radius 3 is 2.70 bits per heavy atom. The summed E-state index contributed by atoms with van der Waals surface area (Å²) < 4.78 is 0. The molecule has 0 spiro atoms. The van der Waals surface area contributed by atoms with Crippen molar-refractivity contribution >= 4 is 16.8 Å². The Balaban J connectivity index is 1.63. The van der Waals surface area contributed by atoms with Crippen LogP contribution in [0.15, 0.2) is 30.5 Å². The Bertz CT molecular complexity index is 579. The van der Waals surface area contributed by atoms with Crippen LogP contribution in [0.3, 0.4) is 0 Å². The van der Waals surface area contributed by atoms with Crippen LogP contribution in [0.2, 0.25) is 0 Å². The van der Waals surface area contributed by atoms with Crippen molar-refractivity contribution in [3.63, 3.8) is 0 Å². The lowest BCUT2D eigenvalue weighted by molar-refractivity contribution is -0.121. The van der Waals surface area contributed by atoms with Crippen molar-refractivity contribution in [2.45, 2.75) is 51.0 Å². The molecule has 0 unspecified atom stereocenters. The lowest BCUT2D eigenvalue weighted by Crippen LogP contribution is -2.35. The highest BCUT2D eigenvalue weighted by Gasteiger charge is 2.15. The second kappa shape index (κ2) is 6.12. The molecule has 1 heterocycles. The van der Waals surface area contributed by atoms with Gasteiger partial charge in [-0.05, 0) is 24.5 Å². The van der Waals surface area contributed by atoms with E-state index in [0.29, 0.717) is 12.5 Å². The fraction of sp³-hybridized carbons (Fsp3) is 0.471. The molecule has 1 aliphatic rings. The van der Waals surface area contributed by atoms with Crippen LogP contribution in [0.5, 0.6) is 0 Å². The summed E-state index contributed by atoms with van der Waals surface area (Å²) in [6, 6.07) is 8.52. The van der Waals surface area contributed by atoms with Gasteiger partial charge in [-0.1, -0.05) is 43.9 Å². The molecule has 3 rings (SSSR count). The number of hydrogen-bond donors (Lipinski definition) is 2. The number of hydrogen-bond acceptors (Lipinski definition) is 1. The van der Waals surface area contributed by atoms with Crippen molar-refractivity contribution in [3.05, 3.63) is 36.0 Å². The molecule has 1 fully saturated rings. The highest BCUT2D eigenvalue weighted by atomic mass is 16.1. The number of benzene rings is 1. The summed E-state index contributed by atoms with van der Waals surface area (Å²) in [7, 11) is 0. The van der Waals surface area contributed by atoms with E-state index in [1.54, 1.807) is 0 Å². The predicted molar refractivity (Wildman–Crippen MR) is 81.6 cm³/mol. The average Bonchev–Trinajstić information content (AvgIpc) is 2.68. The molecular formula is C17H22N2O. The lowest BCUT2D eigenvalue weighted by Gasteiger charge is -2.16. The topological polar surface area (TPSA) is 44.9 Å². The minimum Gasteiger partial charge on any atom is -0.361 e. The van der Waals surface area contributed by atoms with Crippen LogP contribution in [0, 0.1) is 0 Å². The van der Waals surface area contributed by atoms with Gasteiger partial charge >= 0.3 is 0 Å². The molecule has 20 heavy (non-hydrogen) atoms. The molecule has 3 heteroatoms. The summed E-state index contributed by atoms with van der Waals surface area (Å²) >= 11 is 0. The number of nitrogens with one attached hydrogen (secondary N) is 2. The number of carbonyl (C=O) groups excluding carboxylic acids is 1. The van der Waals surface area contributed by atoms with Crippen LogP contribution < -0.4 is 5.32 Å². The van der Waals surface area contributed by atoms with E-state index in [0.717, 1.165) is 29.3 Å². The molecular weight excluding hydrogens is 248 g/mol. The van der Waals surface area contributed by atoms with Crippen molar-refractivity contribution in [2.75, 3.05) is 0 Å². The third-order valence-electron chi connectivity index (χ3n) is 4.25. The van der Waals surface area contributed by atoms with E-state index in [1.165, 1.54) is 25.7 Å². The molecule has 1 amide bonds. The van der Waals surface area contributed by atoms with Gasteiger partial charge in [0.05, 0.1) is 6.42 Å². The minimum atomic E-state index is 0.154. The van der Waals surface area contributed by atoms with Crippen molar-refractivity contribution in [2.24, 2.45) is 0 Å². The van der Waals surface area contributed by atoms with Gasteiger partial charge < -0.3 is 10.3 Å². The SMILES string of the molecule is O=C(Cc1c[nH]c2ccccc12)NC1CCCCCC1. The summed E-state index contributed by atoms with van der Waals surface area (Å²) in [5, 5.41) is 4.37. The molecule has 0 radical (unpaired) electrons. The van der Waals surface area contributed by atoms with Gasteiger partial charge in [-0.25, -0.2) is 0 Å². The molecule has 0 saturated heterocycles. The molecule has 3 nitrogen and oxygen atoms in total. The summed E-state index contributed by atoms with van der Waals surface area (Å²) in [6.07, 6.45) is 9.83. The zero-order valence-electron chi connectivity index (χ0n) is 11.8. The van der Waals surface area contributed by atoms with Crippen LogP contribution in [0.4, 0.5) is 0 Å². The largest absolute Gasteiger partial charge is 0.361 e. The maximum absolute atomic E-state index is 12.2. The van der Waals surface area contributed by atoms with Crippen LogP contribution in [-0.2, 0) is 11.2 Å². The van der Waals surface area contributed by atoms with Gasteiger partial charge in [-0.3, -0.25) is 4.79 Å². The first-order valence-corrected chi connectivity index (χ1v) is 7.67. The second-order valence-corrected chi connectivity index (χ2v) is 5.79. The maximum Gasteiger partial charge on any atom is 0.224 e.